The summed E-state index contributed by atoms with van der Waals surface area (Å²) in [6.45, 7) is 3.89. The van der Waals surface area contributed by atoms with Gasteiger partial charge in [-0.05, 0) is 38.1 Å². The average molecular weight is 250 g/mol. The van der Waals surface area contributed by atoms with E-state index in [-0.39, 0.29) is 31.0 Å². The first-order valence-corrected chi connectivity index (χ1v) is 5.84. The quantitative estimate of drug-likeness (QED) is 0.714. The van der Waals surface area contributed by atoms with E-state index in [9.17, 15) is 9.59 Å². The van der Waals surface area contributed by atoms with Crippen LogP contribution in [-0.4, -0.2) is 36.1 Å². The van der Waals surface area contributed by atoms with Gasteiger partial charge in [0.1, 0.15) is 0 Å². The molecule has 0 saturated carbocycles. The lowest BCUT2D eigenvalue weighted by Gasteiger charge is -2.08. The van der Waals surface area contributed by atoms with E-state index in [0.29, 0.717) is 11.1 Å². The fourth-order valence-electron chi connectivity index (χ4n) is 1.39. The Kier molecular flexibility index (Phi) is 5.32. The topological polar surface area (TPSA) is 78.4 Å². The molecule has 0 fully saturated rings. The van der Waals surface area contributed by atoms with Crippen LogP contribution < -0.4 is 10.6 Å². The summed E-state index contributed by atoms with van der Waals surface area (Å²) < 4.78 is 0. The van der Waals surface area contributed by atoms with E-state index in [4.69, 9.17) is 5.11 Å². The van der Waals surface area contributed by atoms with Crippen molar-refractivity contribution in [2.45, 2.75) is 19.9 Å². The van der Waals surface area contributed by atoms with Crippen molar-refractivity contribution in [2.24, 2.45) is 0 Å². The maximum absolute atomic E-state index is 11.7. The van der Waals surface area contributed by atoms with Crippen molar-refractivity contribution in [3.8, 4) is 0 Å². The van der Waals surface area contributed by atoms with Crippen molar-refractivity contribution in [3.05, 3.63) is 35.4 Å². The monoisotopic (exact) mass is 250 g/mol. The predicted octanol–water partition coefficient (Wildman–Crippen LogP) is 0.547. The molecule has 5 heteroatoms. The van der Waals surface area contributed by atoms with E-state index >= 15 is 0 Å². The lowest BCUT2D eigenvalue weighted by Crippen LogP contribution is -2.30. The molecule has 0 aliphatic rings. The number of carbonyl (C=O) groups excluding carboxylic acids is 2. The Morgan fingerprint density at radius 1 is 1.11 bits per heavy atom. The number of aliphatic hydroxyl groups excluding tert-OH is 1. The minimum absolute atomic E-state index is 0.0741. The number of hydrogen-bond acceptors (Lipinski definition) is 3. The highest BCUT2D eigenvalue weighted by atomic mass is 16.3. The zero-order valence-electron chi connectivity index (χ0n) is 10.6. The maximum Gasteiger partial charge on any atom is 0.251 e. The van der Waals surface area contributed by atoms with Gasteiger partial charge in [0.15, 0.2) is 0 Å². The van der Waals surface area contributed by atoms with Gasteiger partial charge in [0.05, 0.1) is 6.61 Å². The second-order valence-electron chi connectivity index (χ2n) is 4.19. The Bertz CT molecular complexity index is 413. The third kappa shape index (κ3) is 4.18. The molecule has 1 aromatic carbocycles. The molecule has 0 bridgehead atoms. The van der Waals surface area contributed by atoms with Crippen LogP contribution in [0, 0.1) is 0 Å². The number of amides is 2. The van der Waals surface area contributed by atoms with Crippen LogP contribution >= 0.6 is 0 Å². The van der Waals surface area contributed by atoms with Gasteiger partial charge >= 0.3 is 0 Å². The van der Waals surface area contributed by atoms with Gasteiger partial charge in [-0.3, -0.25) is 9.59 Å². The largest absolute Gasteiger partial charge is 0.395 e. The van der Waals surface area contributed by atoms with Gasteiger partial charge in [0.25, 0.3) is 11.8 Å². The normalized spacial score (nSPS) is 10.2. The summed E-state index contributed by atoms with van der Waals surface area (Å²) in [5.74, 6) is -0.424. The van der Waals surface area contributed by atoms with Crippen LogP contribution in [-0.2, 0) is 0 Å². The summed E-state index contributed by atoms with van der Waals surface area (Å²) >= 11 is 0. The van der Waals surface area contributed by atoms with E-state index in [1.54, 1.807) is 24.3 Å². The molecule has 1 rings (SSSR count). The van der Waals surface area contributed by atoms with Crippen LogP contribution in [0.25, 0.3) is 0 Å². The van der Waals surface area contributed by atoms with Crippen molar-refractivity contribution in [3.63, 3.8) is 0 Å². The number of hydrogen-bond donors (Lipinski definition) is 3. The zero-order chi connectivity index (χ0) is 13.5. The van der Waals surface area contributed by atoms with Crippen LogP contribution in [0.4, 0.5) is 0 Å². The van der Waals surface area contributed by atoms with Crippen LogP contribution in [0.1, 0.15) is 34.6 Å². The van der Waals surface area contributed by atoms with Gasteiger partial charge in [0.2, 0.25) is 0 Å². The predicted molar refractivity (Wildman–Crippen MR) is 68.5 cm³/mol. The molecule has 98 valence electrons. The van der Waals surface area contributed by atoms with Crippen LogP contribution in [0.3, 0.4) is 0 Å². The molecule has 18 heavy (non-hydrogen) atoms. The molecule has 0 aliphatic carbocycles. The second-order valence-corrected chi connectivity index (χ2v) is 4.19. The van der Waals surface area contributed by atoms with E-state index in [0.717, 1.165) is 0 Å². The molecule has 0 atom stereocenters. The van der Waals surface area contributed by atoms with Gasteiger partial charge in [-0.15, -0.1) is 0 Å². The molecule has 0 heterocycles. The highest BCUT2D eigenvalue weighted by Crippen LogP contribution is 2.04. The smallest absolute Gasteiger partial charge is 0.251 e. The fourth-order valence-corrected chi connectivity index (χ4v) is 1.39. The molecule has 0 radical (unpaired) electrons. The molecular formula is C13H18N2O3. The summed E-state index contributed by atoms with van der Waals surface area (Å²) in [5.41, 5.74) is 0.979. The first-order chi connectivity index (χ1) is 8.54. The van der Waals surface area contributed by atoms with Crippen LogP contribution in [0.2, 0.25) is 0 Å². The Balaban J connectivity index is 2.67. The molecule has 0 aromatic heterocycles. The molecule has 0 spiro atoms. The van der Waals surface area contributed by atoms with Crippen LogP contribution in [0.15, 0.2) is 24.3 Å². The first kappa shape index (κ1) is 14.2. The SMILES string of the molecule is CC(C)NC(=O)c1ccc(C(=O)NCCO)cc1. The minimum Gasteiger partial charge on any atom is -0.395 e. The fraction of sp³-hybridized carbons (Fsp3) is 0.385. The molecule has 1 aromatic rings. The summed E-state index contributed by atoms with van der Waals surface area (Å²) in [4.78, 5) is 23.2. The Morgan fingerprint density at radius 2 is 1.61 bits per heavy atom. The molecule has 2 amide bonds. The highest BCUT2D eigenvalue weighted by Gasteiger charge is 2.09. The third-order valence-corrected chi connectivity index (χ3v) is 2.23. The second kappa shape index (κ2) is 6.76. The van der Waals surface area contributed by atoms with E-state index < -0.39 is 0 Å². The van der Waals surface area contributed by atoms with Gasteiger partial charge in [-0.1, -0.05) is 0 Å². The zero-order valence-corrected chi connectivity index (χ0v) is 10.6. The van der Waals surface area contributed by atoms with Crippen molar-refractivity contribution < 1.29 is 14.7 Å². The Labute approximate surface area is 106 Å². The van der Waals surface area contributed by atoms with Crippen molar-refractivity contribution >= 4 is 11.8 Å². The van der Waals surface area contributed by atoms with Crippen molar-refractivity contribution in [1.29, 1.82) is 0 Å². The maximum atomic E-state index is 11.7. The summed E-state index contributed by atoms with van der Waals surface area (Å²) in [6, 6.07) is 6.45. The van der Waals surface area contributed by atoms with Gasteiger partial charge in [-0.2, -0.15) is 0 Å². The number of carbonyl (C=O) groups is 2. The number of benzene rings is 1. The summed E-state index contributed by atoms with van der Waals surface area (Å²) in [5, 5.41) is 13.9. The van der Waals surface area contributed by atoms with Gasteiger partial charge < -0.3 is 15.7 Å². The summed E-state index contributed by atoms with van der Waals surface area (Å²) in [6.07, 6.45) is 0. The molecule has 0 aliphatic heterocycles. The van der Waals surface area contributed by atoms with Crippen LogP contribution in [0.5, 0.6) is 0 Å². The number of aliphatic hydroxyl groups is 1. The van der Waals surface area contributed by atoms with E-state index in [1.165, 1.54) is 0 Å². The van der Waals surface area contributed by atoms with Gasteiger partial charge in [0, 0.05) is 23.7 Å². The lowest BCUT2D eigenvalue weighted by atomic mass is 10.1. The first-order valence-electron chi connectivity index (χ1n) is 5.84. The molecule has 0 saturated heterocycles. The third-order valence-electron chi connectivity index (χ3n) is 2.23. The van der Waals surface area contributed by atoms with E-state index in [1.807, 2.05) is 13.8 Å². The Hall–Kier alpha value is -1.88. The number of nitrogens with one attached hydrogen (secondary N) is 2. The van der Waals surface area contributed by atoms with Crippen molar-refractivity contribution in [2.75, 3.05) is 13.2 Å². The Morgan fingerprint density at radius 3 is 2.06 bits per heavy atom. The minimum atomic E-state index is -0.264. The molecule has 5 nitrogen and oxygen atoms in total. The molecule has 3 N–H and O–H groups in total. The summed E-state index contributed by atoms with van der Waals surface area (Å²) in [7, 11) is 0. The van der Waals surface area contributed by atoms with Gasteiger partial charge in [-0.25, -0.2) is 0 Å². The highest BCUT2D eigenvalue weighted by molar-refractivity contribution is 5.97. The number of rotatable bonds is 5. The standard InChI is InChI=1S/C13H18N2O3/c1-9(2)15-13(18)11-5-3-10(4-6-11)12(17)14-7-8-16/h3-6,9,16H,7-8H2,1-2H3,(H,14,17)(H,15,18). The van der Waals surface area contributed by atoms with Crippen molar-refractivity contribution in [1.82, 2.24) is 10.6 Å². The molecular weight excluding hydrogens is 232 g/mol. The van der Waals surface area contributed by atoms with E-state index in [2.05, 4.69) is 10.6 Å². The average Bonchev–Trinajstić information content (AvgIpc) is 2.35. The lowest BCUT2D eigenvalue weighted by molar-refractivity contribution is 0.0932. The molecule has 0 unspecified atom stereocenters.